The highest BCUT2D eigenvalue weighted by Gasteiger charge is 2.50. The molecule has 0 aliphatic carbocycles. The molecule has 2 amide bonds. The Labute approximate surface area is 355 Å². The van der Waals surface area contributed by atoms with Crippen LogP contribution < -0.4 is 21.1 Å². The van der Waals surface area contributed by atoms with Gasteiger partial charge in [-0.15, -0.1) is 0 Å². The summed E-state index contributed by atoms with van der Waals surface area (Å²) in [5.74, 6) is -2.28. The SMILES string of the molecule is COc1cc(C=CC(=O)SCCNC(=O)CCNC(=O)C(O)C(C)(C)COP(=O)(O)OP(=O)(O)OC[C@H]2O[C@@H](n3cnc4c(N)ncnc43)[C@H](O)[C@H]2OP(=O)(O)O)cc(O)c1O. The topological polar surface area (TPSA) is 413 Å². The standard InChI is InChI=1S/C31H44N7O20P3S/c1-31(2,26(44)29(45)34-7-6-20(40)33-8-9-62-21(41)5-4-16-10-17(39)23(42)18(11-16)53-3)13-55-61(51,52)58-60(49,50)54-12-19-25(57-59(46,47)48)24(43)30(56-19)38-15-37-22-27(32)35-14-36-28(22)38/h4-5,10-11,14-15,19,24-26,30,39,42-44H,6-9,12-13H2,1-3H3,(H,33,40)(H,34,45)(H,49,50)(H,51,52)(H2,32,35,36)(H2,46,47,48)/t19-,24-,25+,26?,30-/m1/s1. The van der Waals surface area contributed by atoms with E-state index in [2.05, 4.69) is 34.4 Å². The average Bonchev–Trinajstić information content (AvgIpc) is 3.74. The third-order valence-electron chi connectivity index (χ3n) is 8.46. The van der Waals surface area contributed by atoms with Crippen molar-refractivity contribution in [2.24, 2.45) is 5.41 Å². The maximum Gasteiger partial charge on any atom is 0.481 e. The van der Waals surface area contributed by atoms with Crippen molar-refractivity contribution >= 4 is 75.2 Å². The number of phosphoric ester groups is 3. The zero-order valence-electron chi connectivity index (χ0n) is 32.7. The minimum absolute atomic E-state index is 0.0102. The fraction of sp³-hybridized carbons (Fsp3) is 0.484. The van der Waals surface area contributed by atoms with Crippen LogP contribution in [0.1, 0.15) is 32.1 Å². The van der Waals surface area contributed by atoms with Gasteiger partial charge in [0.05, 0.1) is 26.7 Å². The number of rotatable bonds is 22. The number of phosphoric acid groups is 3. The van der Waals surface area contributed by atoms with Crippen LogP contribution in [0.2, 0.25) is 0 Å². The first-order valence-corrected chi connectivity index (χ1v) is 23.2. The number of imidazole rings is 1. The minimum Gasteiger partial charge on any atom is -0.504 e. The predicted octanol–water partition coefficient (Wildman–Crippen LogP) is -0.202. The molecule has 1 aromatic carbocycles. The van der Waals surface area contributed by atoms with Gasteiger partial charge in [-0.1, -0.05) is 31.7 Å². The molecule has 0 spiro atoms. The Morgan fingerprint density at radius 2 is 1.74 bits per heavy atom. The fourth-order valence-corrected chi connectivity index (χ4v) is 8.76. The van der Waals surface area contributed by atoms with Crippen molar-refractivity contribution in [3.05, 3.63) is 36.4 Å². The molecule has 1 saturated heterocycles. The second kappa shape index (κ2) is 21.1. The first-order chi connectivity index (χ1) is 28.8. The molecular formula is C31H44N7O20P3S. The van der Waals surface area contributed by atoms with Crippen LogP contribution in [0.3, 0.4) is 0 Å². The Balaban J connectivity index is 1.20. The molecule has 31 heteroatoms. The smallest absolute Gasteiger partial charge is 0.481 e. The lowest BCUT2D eigenvalue weighted by Crippen LogP contribution is -2.46. The zero-order chi connectivity index (χ0) is 46.2. The number of hydrogen-bond acceptors (Lipinski definition) is 21. The van der Waals surface area contributed by atoms with Crippen LogP contribution in [0.4, 0.5) is 5.82 Å². The van der Waals surface area contributed by atoms with E-state index >= 15 is 0 Å². The molecular weight excluding hydrogens is 915 g/mol. The molecule has 0 saturated carbocycles. The van der Waals surface area contributed by atoms with Crippen molar-refractivity contribution in [2.75, 3.05) is 44.9 Å². The van der Waals surface area contributed by atoms with Gasteiger partial charge in [0.25, 0.3) is 0 Å². The van der Waals surface area contributed by atoms with E-state index in [0.717, 1.165) is 29.0 Å². The van der Waals surface area contributed by atoms with Gasteiger partial charge in [0.15, 0.2) is 29.2 Å². The second-order valence-electron chi connectivity index (χ2n) is 13.7. The van der Waals surface area contributed by atoms with Crippen LogP contribution in [-0.2, 0) is 50.7 Å². The maximum atomic E-state index is 12.7. The van der Waals surface area contributed by atoms with Crippen LogP contribution in [0.15, 0.2) is 30.9 Å². The number of benzene rings is 1. The number of nitrogen functional groups attached to an aromatic ring is 1. The van der Waals surface area contributed by atoms with E-state index < -0.39 is 96.1 Å². The molecule has 4 rings (SSSR count). The third kappa shape index (κ3) is 14.2. The maximum absolute atomic E-state index is 12.7. The molecule has 0 bridgehead atoms. The number of phenols is 2. The molecule has 0 radical (unpaired) electrons. The molecule has 1 aliphatic rings. The number of amides is 2. The third-order valence-corrected chi connectivity index (χ3v) is 12.4. The molecule has 344 valence electrons. The lowest BCUT2D eigenvalue weighted by Gasteiger charge is -2.30. The van der Waals surface area contributed by atoms with Crippen molar-refractivity contribution in [2.45, 2.75) is 50.9 Å². The van der Waals surface area contributed by atoms with E-state index in [1.807, 2.05) is 0 Å². The number of nitrogens with zero attached hydrogens (tertiary/aromatic N) is 4. The number of anilines is 1. The van der Waals surface area contributed by atoms with Crippen molar-refractivity contribution < 1.29 is 95.4 Å². The van der Waals surface area contributed by atoms with Crippen LogP contribution in [0.25, 0.3) is 17.2 Å². The molecule has 7 atom stereocenters. The quantitative estimate of drug-likeness (QED) is 0.0269. The number of aromatic hydroxyl groups is 2. The first-order valence-electron chi connectivity index (χ1n) is 17.7. The van der Waals surface area contributed by atoms with E-state index in [1.165, 1.54) is 45.2 Å². The monoisotopic (exact) mass is 959 g/mol. The Morgan fingerprint density at radius 3 is 2.42 bits per heavy atom. The summed E-state index contributed by atoms with van der Waals surface area (Å²) in [7, 11) is -15.2. The number of methoxy groups -OCH3 is 1. The van der Waals surface area contributed by atoms with E-state index in [1.54, 1.807) is 0 Å². The summed E-state index contributed by atoms with van der Waals surface area (Å²) in [5.41, 5.74) is 4.58. The molecule has 3 heterocycles. The van der Waals surface area contributed by atoms with Gasteiger partial charge >= 0.3 is 23.5 Å². The summed E-state index contributed by atoms with van der Waals surface area (Å²) in [5, 5.41) is 45.4. The summed E-state index contributed by atoms with van der Waals surface area (Å²) in [6, 6.07) is 2.63. The molecule has 62 heavy (non-hydrogen) atoms. The van der Waals surface area contributed by atoms with Gasteiger partial charge in [0, 0.05) is 30.7 Å². The molecule has 1 aliphatic heterocycles. The molecule has 12 N–H and O–H groups in total. The van der Waals surface area contributed by atoms with Crippen LogP contribution in [0.5, 0.6) is 17.2 Å². The van der Waals surface area contributed by atoms with Crippen molar-refractivity contribution in [1.29, 1.82) is 0 Å². The first kappa shape index (κ1) is 50.6. The highest BCUT2D eigenvalue weighted by molar-refractivity contribution is 8.14. The molecule has 2 aromatic heterocycles. The van der Waals surface area contributed by atoms with Crippen molar-refractivity contribution in [1.82, 2.24) is 30.2 Å². The van der Waals surface area contributed by atoms with E-state index in [-0.39, 0.29) is 53.1 Å². The lowest BCUT2D eigenvalue weighted by atomic mass is 9.87. The highest BCUT2D eigenvalue weighted by Crippen LogP contribution is 2.61. The number of aliphatic hydroxyl groups excluding tert-OH is 2. The molecule has 1 fully saturated rings. The highest BCUT2D eigenvalue weighted by atomic mass is 32.2. The number of nitrogens with two attached hydrogens (primary N) is 1. The number of nitrogens with one attached hydrogen (secondary N) is 2. The summed E-state index contributed by atoms with van der Waals surface area (Å²) in [4.78, 5) is 88.0. The number of carbonyl (C=O) groups is 3. The van der Waals surface area contributed by atoms with Gasteiger partial charge in [0.2, 0.25) is 22.7 Å². The summed E-state index contributed by atoms with van der Waals surface area (Å²) in [6.45, 7) is 0.199. The number of ether oxygens (including phenoxy) is 2. The number of hydrogen-bond donors (Lipinski definition) is 11. The van der Waals surface area contributed by atoms with Gasteiger partial charge in [-0.05, 0) is 23.8 Å². The Kier molecular flexibility index (Phi) is 17.2. The number of aliphatic hydroxyl groups is 2. The largest absolute Gasteiger partial charge is 0.504 e. The number of fused-ring (bicyclic) bond motifs is 1. The number of thioether (sulfide) groups is 1. The van der Waals surface area contributed by atoms with Gasteiger partial charge in [0.1, 0.15) is 36.3 Å². The summed E-state index contributed by atoms with van der Waals surface area (Å²) in [6.07, 6.45) is -4.51. The van der Waals surface area contributed by atoms with E-state index in [4.69, 9.17) is 24.3 Å². The second-order valence-corrected chi connectivity index (χ2v) is 19.0. The average molecular weight is 960 g/mol. The van der Waals surface area contributed by atoms with Gasteiger partial charge in [-0.3, -0.25) is 32.5 Å². The van der Waals surface area contributed by atoms with Crippen molar-refractivity contribution in [3.63, 3.8) is 0 Å². The number of phenolic OH excluding ortho intramolecular Hbond substituents is 2. The normalized spacial score (nSPS) is 20.7. The van der Waals surface area contributed by atoms with Gasteiger partial charge < -0.3 is 65.8 Å². The Bertz CT molecular complexity index is 2280. The Morgan fingerprint density at radius 1 is 1.05 bits per heavy atom. The predicted molar refractivity (Wildman–Crippen MR) is 212 cm³/mol. The number of aromatic nitrogens is 4. The van der Waals surface area contributed by atoms with Crippen LogP contribution in [-0.4, -0.2) is 140 Å². The lowest BCUT2D eigenvalue weighted by molar-refractivity contribution is -0.137. The summed E-state index contributed by atoms with van der Waals surface area (Å²) < 4.78 is 67.1. The van der Waals surface area contributed by atoms with Crippen LogP contribution in [0, 0.1) is 5.41 Å². The van der Waals surface area contributed by atoms with Crippen LogP contribution >= 0.6 is 35.2 Å². The van der Waals surface area contributed by atoms with E-state index in [0.29, 0.717) is 5.56 Å². The van der Waals surface area contributed by atoms with Crippen molar-refractivity contribution in [3.8, 4) is 17.2 Å². The van der Waals surface area contributed by atoms with Gasteiger partial charge in [-0.2, -0.15) is 4.31 Å². The van der Waals surface area contributed by atoms with E-state index in [9.17, 15) is 68.1 Å². The fourth-order valence-electron chi connectivity index (χ4n) is 5.36. The zero-order valence-corrected chi connectivity index (χ0v) is 36.2. The van der Waals surface area contributed by atoms with Gasteiger partial charge in [-0.25, -0.2) is 28.6 Å². The minimum atomic E-state index is -5.60. The summed E-state index contributed by atoms with van der Waals surface area (Å²) >= 11 is 0.877. The molecule has 3 aromatic rings. The Hall–Kier alpha value is -4.08. The molecule has 3 unspecified atom stereocenters. The number of carbonyl (C=O) groups excluding carboxylic acids is 3. The molecule has 27 nitrogen and oxygen atoms in total.